The highest BCUT2D eigenvalue weighted by molar-refractivity contribution is 14.1. The molecule has 2 amide bonds. The first kappa shape index (κ1) is 24.8. The van der Waals surface area contributed by atoms with Crippen LogP contribution >= 0.6 is 67.8 Å². The number of anilines is 1. The predicted molar refractivity (Wildman–Crippen MR) is 135 cm³/mol. The van der Waals surface area contributed by atoms with Gasteiger partial charge in [0.05, 0.1) is 37.0 Å². The quantitative estimate of drug-likeness (QED) is 0.325. The number of likely N-dealkylation sites (N-methyl/N-ethyl adjacent to an activating group) is 1. The maximum absolute atomic E-state index is 13.1. The third-order valence-electron chi connectivity index (χ3n) is 3.82. The smallest absolute Gasteiger partial charge is 0.397 e. The van der Waals surface area contributed by atoms with Crippen molar-refractivity contribution in [2.24, 2.45) is 0 Å². The Morgan fingerprint density at radius 1 is 1.00 bits per heavy atom. The molecule has 1 aromatic rings. The number of hydrogen-bond donors (Lipinski definition) is 2. The van der Waals surface area contributed by atoms with E-state index < -0.39 is 34.5 Å². The van der Waals surface area contributed by atoms with Crippen molar-refractivity contribution in [1.29, 1.82) is 0 Å². The van der Waals surface area contributed by atoms with Crippen LogP contribution in [-0.2, 0) is 39.5 Å². The molecule has 2 heterocycles. The van der Waals surface area contributed by atoms with Gasteiger partial charge in [-0.25, -0.2) is 0 Å². The number of carbonyl (C=O) groups excluding carboxylic acids is 2. The molecule has 31 heavy (non-hydrogen) atoms. The Hall–Kier alpha value is -0.870. The van der Waals surface area contributed by atoms with Gasteiger partial charge in [0.1, 0.15) is 12.5 Å². The van der Waals surface area contributed by atoms with Gasteiger partial charge in [0, 0.05) is 10.6 Å². The van der Waals surface area contributed by atoms with Crippen molar-refractivity contribution in [3.63, 3.8) is 0 Å². The van der Waals surface area contributed by atoms with Gasteiger partial charge >= 0.3 is 22.7 Å². The van der Waals surface area contributed by atoms with Crippen LogP contribution in [0.2, 0.25) is 0 Å². The van der Waals surface area contributed by atoms with E-state index in [1.54, 1.807) is 0 Å². The minimum Gasteiger partial charge on any atom is -0.397 e. The minimum atomic E-state index is -1.91. The SMILES string of the molecule is CN(CC1=COS(=O)O1)C(=O)c1c(I)c(N)c(I)c(C(=O)NCC2=COS(=O)O2)c1I. The van der Waals surface area contributed by atoms with E-state index in [0.29, 0.717) is 10.7 Å². The standard InChI is InChI=1S/C15H12I3N3O8S2/c1-21(3-7-5-27-31(25)29-7)15(23)9-10(16)8(11(17)13(19)12(9)18)14(22)20-2-6-4-26-30(24)28-6/h4-5H,2-3,19H2,1H3,(H,20,22). The van der Waals surface area contributed by atoms with Gasteiger partial charge in [-0.05, 0) is 67.8 Å². The number of nitrogens with zero attached hydrogens (tertiary/aromatic N) is 1. The number of rotatable bonds is 6. The summed E-state index contributed by atoms with van der Waals surface area (Å²) in [5, 5.41) is 2.63. The van der Waals surface area contributed by atoms with Crippen molar-refractivity contribution in [2.45, 2.75) is 0 Å². The molecule has 0 spiro atoms. The third kappa shape index (κ3) is 5.55. The topological polar surface area (TPSA) is 146 Å². The number of nitrogens with one attached hydrogen (secondary N) is 1. The molecule has 3 rings (SSSR count). The molecule has 1 aromatic carbocycles. The van der Waals surface area contributed by atoms with Crippen molar-refractivity contribution >= 4 is 108 Å². The van der Waals surface area contributed by atoms with Gasteiger partial charge < -0.3 is 32.7 Å². The maximum atomic E-state index is 13.1. The van der Waals surface area contributed by atoms with Crippen molar-refractivity contribution < 1.29 is 34.7 Å². The number of nitrogen functional groups attached to an aromatic ring is 1. The van der Waals surface area contributed by atoms with Gasteiger partial charge in [-0.15, -0.1) is 0 Å². The number of halogens is 3. The van der Waals surface area contributed by atoms with E-state index in [-0.39, 0.29) is 41.4 Å². The maximum Gasteiger partial charge on any atom is 0.417 e. The van der Waals surface area contributed by atoms with Crippen molar-refractivity contribution in [3.8, 4) is 0 Å². The van der Waals surface area contributed by atoms with E-state index in [1.165, 1.54) is 18.2 Å². The lowest BCUT2D eigenvalue weighted by Gasteiger charge is -2.21. The van der Waals surface area contributed by atoms with Crippen molar-refractivity contribution in [1.82, 2.24) is 10.2 Å². The summed E-state index contributed by atoms with van der Waals surface area (Å²) in [5.41, 5.74) is 6.93. The molecule has 0 aromatic heterocycles. The van der Waals surface area contributed by atoms with Crippen molar-refractivity contribution in [3.05, 3.63) is 45.9 Å². The van der Waals surface area contributed by atoms with Gasteiger partial charge in [0.15, 0.2) is 11.5 Å². The van der Waals surface area contributed by atoms with Crippen molar-refractivity contribution in [2.75, 3.05) is 25.9 Å². The Morgan fingerprint density at radius 3 is 2.10 bits per heavy atom. The van der Waals surface area contributed by atoms with E-state index >= 15 is 0 Å². The van der Waals surface area contributed by atoms with Crippen LogP contribution in [0.5, 0.6) is 0 Å². The van der Waals surface area contributed by atoms with Crippen LogP contribution in [0, 0.1) is 10.7 Å². The second kappa shape index (κ2) is 10.4. The summed E-state index contributed by atoms with van der Waals surface area (Å²) in [6.07, 6.45) is 2.32. The monoisotopic (exact) mass is 807 g/mol. The van der Waals surface area contributed by atoms with E-state index in [0.717, 1.165) is 6.26 Å². The molecule has 11 nitrogen and oxygen atoms in total. The molecule has 0 fully saturated rings. The molecule has 2 aliphatic heterocycles. The summed E-state index contributed by atoms with van der Waals surface area (Å²) in [6, 6.07) is 0. The summed E-state index contributed by atoms with van der Waals surface area (Å²) in [4.78, 5) is 27.3. The van der Waals surface area contributed by atoms with E-state index in [9.17, 15) is 18.0 Å². The van der Waals surface area contributed by atoms with E-state index in [2.05, 4.69) is 9.50 Å². The second-order valence-electron chi connectivity index (χ2n) is 5.89. The molecule has 0 aliphatic carbocycles. The molecule has 0 radical (unpaired) electrons. The molecule has 3 N–H and O–H groups in total. The average Bonchev–Trinajstić information content (AvgIpc) is 3.32. The van der Waals surface area contributed by atoms with Gasteiger partial charge in [-0.2, -0.15) is 8.42 Å². The van der Waals surface area contributed by atoms with Gasteiger partial charge in [0.2, 0.25) is 0 Å². The van der Waals surface area contributed by atoms with Gasteiger partial charge in [-0.1, -0.05) is 0 Å². The number of hydrogen-bond acceptors (Lipinski definition) is 9. The van der Waals surface area contributed by atoms with Crippen LogP contribution in [0.15, 0.2) is 24.0 Å². The number of carbonyl (C=O) groups is 2. The summed E-state index contributed by atoms with van der Waals surface area (Å²) in [5.74, 6) is -0.504. The number of benzene rings is 1. The summed E-state index contributed by atoms with van der Waals surface area (Å²) < 4.78 is 42.8. The van der Waals surface area contributed by atoms with Gasteiger partial charge in [0.25, 0.3) is 11.8 Å². The number of nitrogens with two attached hydrogens (primary N) is 1. The largest absolute Gasteiger partial charge is 0.417 e. The Labute approximate surface area is 222 Å². The lowest BCUT2D eigenvalue weighted by Crippen LogP contribution is -2.33. The first-order valence-corrected chi connectivity index (χ1v) is 13.3. The molecule has 2 unspecified atom stereocenters. The van der Waals surface area contributed by atoms with Crippen LogP contribution in [0.1, 0.15) is 20.7 Å². The van der Waals surface area contributed by atoms with Gasteiger partial charge in [-0.3, -0.25) is 9.59 Å². The lowest BCUT2D eigenvalue weighted by molar-refractivity contribution is 0.0794. The Balaban J connectivity index is 1.86. The van der Waals surface area contributed by atoms with Crippen LogP contribution in [0.4, 0.5) is 5.69 Å². The van der Waals surface area contributed by atoms with E-state index in [1.807, 2.05) is 67.8 Å². The molecule has 2 aliphatic rings. The highest BCUT2D eigenvalue weighted by atomic mass is 127. The molecule has 2 atom stereocenters. The zero-order valence-corrected chi connectivity index (χ0v) is 23.4. The summed E-state index contributed by atoms with van der Waals surface area (Å²) in [6.45, 7) is -0.0543. The average molecular weight is 807 g/mol. The highest BCUT2D eigenvalue weighted by Crippen LogP contribution is 2.34. The van der Waals surface area contributed by atoms with Crippen LogP contribution in [0.3, 0.4) is 0 Å². The first-order valence-electron chi connectivity index (χ1n) is 8.02. The molecule has 16 heteroatoms. The molecule has 168 valence electrons. The summed E-state index contributed by atoms with van der Waals surface area (Å²) in [7, 11) is 1.53. The highest BCUT2D eigenvalue weighted by Gasteiger charge is 2.30. The summed E-state index contributed by atoms with van der Waals surface area (Å²) >= 11 is 2.00. The predicted octanol–water partition coefficient (Wildman–Crippen LogP) is 1.82. The Morgan fingerprint density at radius 2 is 1.55 bits per heavy atom. The Bertz CT molecular complexity index is 1080. The Kier molecular flexibility index (Phi) is 8.29. The number of amides is 2. The van der Waals surface area contributed by atoms with Crippen LogP contribution in [0.25, 0.3) is 0 Å². The fraction of sp³-hybridized carbons (Fsp3) is 0.200. The fourth-order valence-corrected chi connectivity index (χ4v) is 7.50. The molecule has 0 saturated carbocycles. The van der Waals surface area contributed by atoms with Crippen LogP contribution < -0.4 is 11.1 Å². The normalized spacial score (nSPS) is 19.4. The second-order valence-corrected chi connectivity index (χ2v) is 10.7. The zero-order chi connectivity index (χ0) is 22.9. The molecular formula is C15H12I3N3O8S2. The molecule has 0 bridgehead atoms. The zero-order valence-electron chi connectivity index (χ0n) is 15.3. The lowest BCUT2D eigenvalue weighted by atomic mass is 10.1. The minimum absolute atomic E-state index is 0.00673. The van der Waals surface area contributed by atoms with Crippen LogP contribution in [-0.4, -0.2) is 45.3 Å². The first-order chi connectivity index (χ1) is 14.6. The molecular weight excluding hydrogens is 795 g/mol. The third-order valence-corrected chi connectivity index (χ3v) is 8.35. The fourth-order valence-electron chi connectivity index (χ4n) is 2.40. The van der Waals surface area contributed by atoms with E-state index in [4.69, 9.17) is 18.3 Å². The molecule has 0 saturated heterocycles.